The van der Waals surface area contributed by atoms with Crippen LogP contribution in [0, 0.1) is 10.1 Å². The Morgan fingerprint density at radius 1 is 0.756 bits per heavy atom. The molecule has 0 fully saturated rings. The number of nitro groups is 1. The van der Waals surface area contributed by atoms with Crippen molar-refractivity contribution in [1.82, 2.24) is 0 Å². The van der Waals surface area contributed by atoms with E-state index in [4.69, 9.17) is 0 Å². The van der Waals surface area contributed by atoms with E-state index in [9.17, 15) is 40.8 Å². The lowest BCUT2D eigenvalue weighted by Crippen LogP contribution is -2.08. The topological polar surface area (TPSA) is 215 Å². The number of H-pyrrole nitrogens is 2. The highest BCUT2D eigenvalue weighted by atomic mass is 32.2. The van der Waals surface area contributed by atoms with Crippen molar-refractivity contribution in [3.05, 3.63) is 119 Å². The molecule has 0 aliphatic rings. The lowest BCUT2D eigenvalue weighted by molar-refractivity contribution is -0.385. The number of nitrogens with one attached hydrogen (secondary N) is 3. The summed E-state index contributed by atoms with van der Waals surface area (Å²) in [7, 11) is -10.1. The van der Waals surface area contributed by atoms with Crippen LogP contribution in [0.15, 0.2) is 107 Å². The smallest absolute Gasteiger partial charge is 0.270 e. The molecule has 1 amide bonds. The van der Waals surface area contributed by atoms with Gasteiger partial charge in [-0.25, -0.2) is 26.8 Å². The number of carbonyl (C=O) groups is 1. The van der Waals surface area contributed by atoms with Crippen molar-refractivity contribution >= 4 is 49.7 Å². The average Bonchev–Trinajstić information content (AvgIpc) is 2.93. The van der Waals surface area contributed by atoms with Crippen molar-refractivity contribution in [3.8, 4) is 0 Å². The second-order valence-corrected chi connectivity index (χ2v) is 10.5. The molecule has 214 valence electrons. The molecule has 0 aliphatic heterocycles. The molecule has 0 spiro atoms. The van der Waals surface area contributed by atoms with Gasteiger partial charge in [0.2, 0.25) is 5.91 Å². The minimum absolute atomic E-state index is 0.0437. The van der Waals surface area contributed by atoms with Crippen molar-refractivity contribution < 1.29 is 45.6 Å². The van der Waals surface area contributed by atoms with Gasteiger partial charge in [0.25, 0.3) is 5.69 Å². The molecule has 0 bridgehead atoms. The number of aromatic nitrogens is 2. The normalized spacial score (nSPS) is 10.9. The largest absolute Gasteiger partial charge is 0.744 e. The first-order valence-corrected chi connectivity index (χ1v) is 14.2. The summed E-state index contributed by atoms with van der Waals surface area (Å²) in [6.45, 7) is 1.18. The van der Waals surface area contributed by atoms with Gasteiger partial charge in [-0.2, -0.15) is 0 Å². The minimum atomic E-state index is -5.09. The van der Waals surface area contributed by atoms with Gasteiger partial charge in [-0.3, -0.25) is 14.9 Å². The summed E-state index contributed by atoms with van der Waals surface area (Å²) in [6.07, 6.45) is 9.58. The van der Waals surface area contributed by atoms with Crippen molar-refractivity contribution in [2.45, 2.75) is 16.7 Å². The van der Waals surface area contributed by atoms with Gasteiger partial charge in [0.1, 0.15) is 20.2 Å². The number of anilines is 1. The van der Waals surface area contributed by atoms with Gasteiger partial charge in [-0.1, -0.05) is 30.4 Å². The van der Waals surface area contributed by atoms with Crippen molar-refractivity contribution in [2.24, 2.45) is 0 Å². The van der Waals surface area contributed by atoms with E-state index in [1.807, 2.05) is 61.2 Å². The maximum atomic E-state index is 11.5. The van der Waals surface area contributed by atoms with Gasteiger partial charge in [0.15, 0.2) is 24.8 Å². The van der Waals surface area contributed by atoms with E-state index in [1.165, 1.54) is 19.1 Å². The van der Waals surface area contributed by atoms with Crippen LogP contribution in [0.5, 0.6) is 0 Å². The molecule has 0 atom stereocenters. The Hall–Kier alpha value is -4.83. The maximum Gasteiger partial charge on any atom is 0.270 e. The van der Waals surface area contributed by atoms with Crippen LogP contribution in [0.25, 0.3) is 12.2 Å². The van der Waals surface area contributed by atoms with Crippen LogP contribution in [0.3, 0.4) is 0 Å². The zero-order valence-electron chi connectivity index (χ0n) is 21.3. The van der Waals surface area contributed by atoms with E-state index in [2.05, 4.69) is 15.3 Å². The summed E-state index contributed by atoms with van der Waals surface area (Å²) in [5.41, 5.74) is -0.978. The summed E-state index contributed by atoms with van der Waals surface area (Å²) in [6, 6.07) is 17.7. The average molecular weight is 601 g/mol. The molecule has 0 aliphatic carbocycles. The fraction of sp³-hybridized carbons (Fsp3) is 0.0385. The Morgan fingerprint density at radius 2 is 1.20 bits per heavy atom. The number of carbonyl (C=O) groups excluding carboxylic acids is 1. The van der Waals surface area contributed by atoms with Crippen molar-refractivity contribution in [3.63, 3.8) is 0 Å². The van der Waals surface area contributed by atoms with E-state index in [1.54, 1.807) is 0 Å². The molecule has 2 aromatic carbocycles. The second-order valence-electron chi connectivity index (χ2n) is 7.81. The number of non-ortho nitro benzene ring substituents is 1. The van der Waals surface area contributed by atoms with E-state index >= 15 is 0 Å². The van der Waals surface area contributed by atoms with Crippen LogP contribution in [0.4, 0.5) is 11.4 Å². The number of aromatic amines is 2. The SMILES string of the molecule is CC(=O)Nc1ccc(/C=C/c2ccc([N+](=O)[O-])cc2S(=O)(=O)[O-])c(S(=O)(=O)[O-])c1.c1cc[nH+]cc1.c1cc[nH+]cc1. The van der Waals surface area contributed by atoms with Crippen molar-refractivity contribution in [2.75, 3.05) is 5.32 Å². The van der Waals surface area contributed by atoms with Crippen molar-refractivity contribution in [1.29, 1.82) is 0 Å². The summed E-state index contributed by atoms with van der Waals surface area (Å²) < 4.78 is 68.8. The fourth-order valence-electron chi connectivity index (χ4n) is 3.02. The lowest BCUT2D eigenvalue weighted by Gasteiger charge is -2.13. The fourth-order valence-corrected chi connectivity index (χ4v) is 4.41. The number of benzene rings is 2. The molecule has 3 N–H and O–H groups in total. The summed E-state index contributed by atoms with van der Waals surface area (Å²) in [4.78, 5) is 25.2. The van der Waals surface area contributed by atoms with E-state index in [0.717, 1.165) is 30.4 Å². The Balaban J connectivity index is 0.000000398. The van der Waals surface area contributed by atoms with Crippen LogP contribution in [0.2, 0.25) is 0 Å². The van der Waals surface area contributed by atoms with Gasteiger partial charge >= 0.3 is 0 Å². The summed E-state index contributed by atoms with van der Waals surface area (Å²) in [5.74, 6) is -0.501. The van der Waals surface area contributed by atoms with E-state index < -0.39 is 46.5 Å². The van der Waals surface area contributed by atoms with Crippen LogP contribution in [0.1, 0.15) is 18.1 Å². The molecular weight excluding hydrogens is 576 g/mol. The molecule has 2 heterocycles. The molecule has 13 nitrogen and oxygen atoms in total. The summed E-state index contributed by atoms with van der Waals surface area (Å²) >= 11 is 0. The molecule has 0 radical (unpaired) electrons. The third kappa shape index (κ3) is 11.4. The van der Waals surface area contributed by atoms with Crippen LogP contribution in [-0.4, -0.2) is 36.8 Å². The van der Waals surface area contributed by atoms with Crippen LogP contribution < -0.4 is 15.3 Å². The number of amides is 1. The second kappa shape index (κ2) is 15.1. The molecule has 0 saturated carbocycles. The van der Waals surface area contributed by atoms with Crippen LogP contribution >= 0.6 is 0 Å². The lowest BCUT2D eigenvalue weighted by atomic mass is 10.1. The Kier molecular flexibility index (Phi) is 11.9. The van der Waals surface area contributed by atoms with Gasteiger partial charge in [0.05, 0.1) is 14.7 Å². The molecule has 15 heteroatoms. The predicted molar refractivity (Wildman–Crippen MR) is 145 cm³/mol. The Labute approximate surface area is 235 Å². The molecule has 0 unspecified atom stereocenters. The van der Waals surface area contributed by atoms with Gasteiger partial charge < -0.3 is 14.4 Å². The quantitative estimate of drug-likeness (QED) is 0.149. The zero-order chi connectivity index (χ0) is 30.5. The summed E-state index contributed by atoms with van der Waals surface area (Å²) in [5, 5.41) is 13.1. The number of hydrogen-bond acceptors (Lipinski definition) is 9. The third-order valence-electron chi connectivity index (χ3n) is 4.74. The number of pyridine rings is 2. The van der Waals surface area contributed by atoms with E-state index in [-0.39, 0.29) is 16.8 Å². The zero-order valence-corrected chi connectivity index (χ0v) is 23.0. The number of nitrogens with zero attached hydrogens (tertiary/aromatic N) is 1. The third-order valence-corrected chi connectivity index (χ3v) is 6.52. The molecule has 4 aromatic rings. The van der Waals surface area contributed by atoms with Gasteiger partial charge in [-0.05, 0) is 29.3 Å². The highest BCUT2D eigenvalue weighted by Crippen LogP contribution is 2.26. The van der Waals surface area contributed by atoms with Gasteiger partial charge in [-0.15, -0.1) is 0 Å². The molecule has 4 rings (SSSR count). The monoisotopic (exact) mass is 600 g/mol. The predicted octanol–water partition coefficient (Wildman–Crippen LogP) is 2.53. The van der Waals surface area contributed by atoms with Crippen LogP contribution in [-0.2, 0) is 25.0 Å². The Morgan fingerprint density at radius 3 is 1.54 bits per heavy atom. The number of nitro benzene ring substituents is 1. The standard InChI is InChI=1S/C16H14N2O9S2.2C5H5N/c1-10(19)17-13-6-4-11(15(8-13)28(22,23)24)2-3-12-5-7-14(18(20)21)9-16(12)29(25,26)27;2*1-2-4-6-5-3-1/h2-9H,1H3,(H,17,19)(H,22,23,24)(H,25,26,27);2*1-5H/b3-2+;;. The molecular formula is C26H24N4O9S2. The molecule has 0 saturated heterocycles. The van der Waals surface area contributed by atoms with E-state index in [0.29, 0.717) is 6.07 Å². The number of hydrogen-bond donors (Lipinski definition) is 1. The first kappa shape index (κ1) is 32.4. The minimum Gasteiger partial charge on any atom is -0.744 e. The maximum absolute atomic E-state index is 11.5. The van der Waals surface area contributed by atoms with Gasteiger partial charge in [0, 0.05) is 49.0 Å². The highest BCUT2D eigenvalue weighted by molar-refractivity contribution is 7.86. The first-order valence-electron chi connectivity index (χ1n) is 11.4. The molecule has 41 heavy (non-hydrogen) atoms. The first-order chi connectivity index (χ1) is 19.3. The highest BCUT2D eigenvalue weighted by Gasteiger charge is 2.15. The Bertz CT molecular complexity index is 1630. The number of rotatable bonds is 6. The molecule has 2 aromatic heterocycles.